The second-order valence-electron chi connectivity index (χ2n) is 8.14. The van der Waals surface area contributed by atoms with Crippen LogP contribution in [0.15, 0.2) is 29.2 Å². The van der Waals surface area contributed by atoms with Gasteiger partial charge in [0.05, 0.1) is 5.69 Å². The molecular weight excluding hydrogens is 465 g/mol. The summed E-state index contributed by atoms with van der Waals surface area (Å²) >= 11 is 6.23. The molecule has 176 valence electrons. The third kappa shape index (κ3) is 4.53. The van der Waals surface area contributed by atoms with Crippen molar-refractivity contribution >= 4 is 33.1 Å². The average Bonchev–Trinajstić information content (AvgIpc) is 3.00. The first-order chi connectivity index (χ1) is 14.9. The van der Waals surface area contributed by atoms with Crippen molar-refractivity contribution < 1.29 is 21.6 Å². The zero-order chi connectivity index (χ0) is 23.8. The maximum absolute atomic E-state index is 15.1. The molecule has 0 radical (unpaired) electrons. The van der Waals surface area contributed by atoms with Gasteiger partial charge in [-0.15, -0.1) is 0 Å². The number of nitrogens with zero attached hydrogens (tertiary/aromatic N) is 3. The number of benzene rings is 1. The fourth-order valence-electron chi connectivity index (χ4n) is 4.55. The summed E-state index contributed by atoms with van der Waals surface area (Å²) < 4.78 is 70.6. The molecule has 0 spiro atoms. The molecule has 6 nitrogen and oxygen atoms in total. The van der Waals surface area contributed by atoms with E-state index in [1.807, 2.05) is 11.6 Å². The molecule has 1 aliphatic heterocycles. The number of halogens is 4. The van der Waals surface area contributed by atoms with Gasteiger partial charge in [-0.3, -0.25) is 9.62 Å². The van der Waals surface area contributed by atoms with Gasteiger partial charge in [0.15, 0.2) is 10.7 Å². The molecule has 1 aromatic heterocycles. The van der Waals surface area contributed by atoms with Crippen molar-refractivity contribution in [1.82, 2.24) is 9.88 Å². The molecule has 2 atom stereocenters. The molecule has 11 heteroatoms. The molecule has 1 fully saturated rings. The van der Waals surface area contributed by atoms with Crippen molar-refractivity contribution in [2.24, 2.45) is 0 Å². The minimum atomic E-state index is -4.75. The van der Waals surface area contributed by atoms with Crippen molar-refractivity contribution in [3.05, 3.63) is 46.9 Å². The van der Waals surface area contributed by atoms with Gasteiger partial charge in [-0.05, 0) is 45.5 Å². The topological polar surface area (TPSA) is 65.5 Å². The number of rotatable bonds is 7. The van der Waals surface area contributed by atoms with Crippen LogP contribution < -0.4 is 9.62 Å². The Morgan fingerprint density at radius 3 is 2.53 bits per heavy atom. The van der Waals surface area contributed by atoms with Gasteiger partial charge in [0.2, 0.25) is 5.95 Å². The zero-order valence-corrected chi connectivity index (χ0v) is 19.9. The first kappa shape index (κ1) is 24.6. The summed E-state index contributed by atoms with van der Waals surface area (Å²) in [6.45, 7) is 10.2. The number of sulfonamides is 1. The molecule has 1 aliphatic rings. The Kier molecular flexibility index (Phi) is 6.97. The molecule has 2 aromatic rings. The molecule has 3 rings (SSSR count). The highest BCUT2D eigenvalue weighted by molar-refractivity contribution is 7.92. The van der Waals surface area contributed by atoms with E-state index in [0.717, 1.165) is 37.7 Å². The summed E-state index contributed by atoms with van der Waals surface area (Å²) in [5.41, 5.74) is -0.137. The van der Waals surface area contributed by atoms with Crippen molar-refractivity contribution in [3.63, 3.8) is 0 Å². The molecule has 1 aromatic carbocycles. The highest BCUT2D eigenvalue weighted by Gasteiger charge is 2.43. The Morgan fingerprint density at radius 2 is 1.94 bits per heavy atom. The second kappa shape index (κ2) is 9.07. The van der Waals surface area contributed by atoms with Crippen molar-refractivity contribution in [2.75, 3.05) is 29.3 Å². The lowest BCUT2D eigenvalue weighted by atomic mass is 9.96. The number of anilines is 2. The van der Waals surface area contributed by atoms with Crippen LogP contribution in [0, 0.1) is 17.6 Å². The van der Waals surface area contributed by atoms with Crippen molar-refractivity contribution in [2.45, 2.75) is 50.6 Å². The lowest BCUT2D eigenvalue weighted by molar-refractivity contribution is 0.135. The number of pyridine rings is 1. The Balaban J connectivity index is 1.99. The van der Waals surface area contributed by atoms with Crippen LogP contribution in [-0.4, -0.2) is 49.5 Å². The van der Waals surface area contributed by atoms with E-state index in [1.165, 1.54) is 6.07 Å². The summed E-state index contributed by atoms with van der Waals surface area (Å²) in [6.07, 6.45) is 0.751. The minimum absolute atomic E-state index is 0.0750. The monoisotopic (exact) mass is 490 g/mol. The number of hydrogen-bond acceptors (Lipinski definition) is 5. The van der Waals surface area contributed by atoms with Crippen molar-refractivity contribution in [1.29, 1.82) is 0 Å². The lowest BCUT2D eigenvalue weighted by Gasteiger charge is -2.37. The zero-order valence-electron chi connectivity index (χ0n) is 18.3. The first-order valence-corrected chi connectivity index (χ1v) is 12.1. The fourth-order valence-corrected chi connectivity index (χ4v) is 6.01. The predicted octanol–water partition coefficient (Wildman–Crippen LogP) is 4.65. The van der Waals surface area contributed by atoms with Gasteiger partial charge in [-0.25, -0.2) is 22.2 Å². The SMILES string of the molecule is CCN(CC)[C@@]1(C)C[C@@H](C)N(c2cc(F)c(S(=O)(=O)Nc3cccc(F)n3)c(F)c2Cl)C1. The molecule has 0 aliphatic carbocycles. The largest absolute Gasteiger partial charge is 0.366 e. The Bertz CT molecular complexity index is 1110. The van der Waals surface area contributed by atoms with Gasteiger partial charge in [0, 0.05) is 24.2 Å². The molecule has 1 saturated heterocycles. The molecule has 0 saturated carbocycles. The third-order valence-corrected chi connectivity index (χ3v) is 7.68. The van der Waals surface area contributed by atoms with E-state index >= 15 is 4.39 Å². The van der Waals surface area contributed by atoms with Crippen LogP contribution in [0.1, 0.15) is 34.1 Å². The lowest BCUT2D eigenvalue weighted by Crippen LogP contribution is -2.48. The standard InChI is InChI=1S/C21H26ClF3N4O2S/c1-5-28(6-2)21(4)11-13(3)29(12-21)15-10-14(23)20(19(25)18(15)22)32(30,31)27-17-9-7-8-16(24)26-17/h7-10,13H,5-6,11-12H2,1-4H3,(H,26,27)/t13-,21+/m1/s1. The molecule has 0 amide bonds. The van der Waals surface area contributed by atoms with Gasteiger partial charge in [0.25, 0.3) is 10.0 Å². The van der Waals surface area contributed by atoms with Crippen LogP contribution in [0.3, 0.4) is 0 Å². The average molecular weight is 491 g/mol. The van der Waals surface area contributed by atoms with Crippen molar-refractivity contribution in [3.8, 4) is 0 Å². The Morgan fingerprint density at radius 1 is 1.28 bits per heavy atom. The van der Waals surface area contributed by atoms with E-state index < -0.39 is 43.3 Å². The van der Waals surface area contributed by atoms with Crippen LogP contribution in [0.25, 0.3) is 0 Å². The summed E-state index contributed by atoms with van der Waals surface area (Å²) in [4.78, 5) is 6.19. The van der Waals surface area contributed by atoms with Crippen LogP contribution in [-0.2, 0) is 10.0 Å². The normalized spacial score (nSPS) is 21.4. The van der Waals surface area contributed by atoms with Gasteiger partial charge in [0.1, 0.15) is 16.7 Å². The van der Waals surface area contributed by atoms with Gasteiger partial charge >= 0.3 is 0 Å². The van der Waals surface area contributed by atoms with E-state index in [9.17, 15) is 17.2 Å². The number of likely N-dealkylation sites (N-methyl/N-ethyl adjacent to an activating group) is 1. The van der Waals surface area contributed by atoms with E-state index in [2.05, 4.69) is 30.7 Å². The predicted molar refractivity (Wildman–Crippen MR) is 119 cm³/mol. The highest BCUT2D eigenvalue weighted by atomic mass is 35.5. The maximum atomic E-state index is 15.1. The van der Waals surface area contributed by atoms with Crippen LogP contribution >= 0.6 is 11.6 Å². The summed E-state index contributed by atoms with van der Waals surface area (Å²) in [6, 6.07) is 4.24. The smallest absolute Gasteiger partial charge is 0.268 e. The summed E-state index contributed by atoms with van der Waals surface area (Å²) in [5.74, 6) is -4.06. The van der Waals surface area contributed by atoms with E-state index in [1.54, 1.807) is 4.90 Å². The van der Waals surface area contributed by atoms with E-state index in [4.69, 9.17) is 11.6 Å². The minimum Gasteiger partial charge on any atom is -0.366 e. The summed E-state index contributed by atoms with van der Waals surface area (Å²) in [5, 5.41) is -0.491. The van der Waals surface area contributed by atoms with Crippen LogP contribution in [0.4, 0.5) is 24.7 Å². The Hall–Kier alpha value is -2.04. The summed E-state index contributed by atoms with van der Waals surface area (Å²) in [7, 11) is -4.75. The molecular formula is C21H26ClF3N4O2S. The quantitative estimate of drug-likeness (QED) is 0.452. The molecule has 1 N–H and O–H groups in total. The number of hydrogen-bond donors (Lipinski definition) is 1. The van der Waals surface area contributed by atoms with Gasteiger partial charge in [-0.1, -0.05) is 31.5 Å². The van der Waals surface area contributed by atoms with Gasteiger partial charge in [-0.2, -0.15) is 4.39 Å². The molecule has 32 heavy (non-hydrogen) atoms. The molecule has 0 bridgehead atoms. The highest BCUT2D eigenvalue weighted by Crippen LogP contribution is 2.41. The van der Waals surface area contributed by atoms with Crippen LogP contribution in [0.5, 0.6) is 0 Å². The fraction of sp³-hybridized carbons (Fsp3) is 0.476. The first-order valence-electron chi connectivity index (χ1n) is 10.3. The van der Waals surface area contributed by atoms with E-state index in [0.29, 0.717) is 6.54 Å². The van der Waals surface area contributed by atoms with Gasteiger partial charge < -0.3 is 4.90 Å². The number of nitrogens with one attached hydrogen (secondary N) is 1. The Labute approximate surface area is 191 Å². The van der Waals surface area contributed by atoms with E-state index in [-0.39, 0.29) is 17.3 Å². The third-order valence-electron chi connectivity index (χ3n) is 5.93. The maximum Gasteiger partial charge on any atom is 0.268 e. The molecule has 2 heterocycles. The van der Waals surface area contributed by atoms with Crippen LogP contribution in [0.2, 0.25) is 5.02 Å². The number of aromatic nitrogens is 1. The second-order valence-corrected chi connectivity index (χ2v) is 10.1. The molecule has 0 unspecified atom stereocenters.